The van der Waals surface area contributed by atoms with Crippen molar-refractivity contribution in [3.05, 3.63) is 60.8 Å². The van der Waals surface area contributed by atoms with E-state index in [4.69, 9.17) is 0 Å². The standard InChI is InChI=1S/C18H16I2/c1-11(19)17(20)15-10-18(2,3)16-9-13-7-5-4-6-12(13)8-14(15)16/h4-10H,1-3H3/b17-11-. The SMILES string of the molecule is C/C(I)=C(/I)C1=CC(C)(C)c2cc3ccccc3cc21. The third-order valence-corrected chi connectivity index (χ3v) is 6.88. The summed E-state index contributed by atoms with van der Waals surface area (Å²) in [6, 6.07) is 13.3. The van der Waals surface area contributed by atoms with Gasteiger partial charge in [-0.1, -0.05) is 44.2 Å². The van der Waals surface area contributed by atoms with Crippen LogP contribution in [0.25, 0.3) is 16.3 Å². The normalized spacial score (nSPS) is 17.8. The number of fused-ring (bicyclic) bond motifs is 2. The summed E-state index contributed by atoms with van der Waals surface area (Å²) in [5.41, 5.74) is 4.34. The molecule has 0 aromatic heterocycles. The highest BCUT2D eigenvalue weighted by atomic mass is 127. The van der Waals surface area contributed by atoms with Crippen molar-refractivity contribution < 1.29 is 0 Å². The minimum atomic E-state index is 0.108. The summed E-state index contributed by atoms with van der Waals surface area (Å²) in [6.45, 7) is 6.79. The Hall–Kier alpha value is -0.360. The summed E-state index contributed by atoms with van der Waals surface area (Å²) in [4.78, 5) is 0. The number of benzene rings is 2. The lowest BCUT2D eigenvalue weighted by molar-refractivity contribution is 0.684. The van der Waals surface area contributed by atoms with E-state index >= 15 is 0 Å². The average Bonchev–Trinajstić information content (AvgIpc) is 2.67. The fourth-order valence-corrected chi connectivity index (χ4v) is 3.62. The highest BCUT2D eigenvalue weighted by Gasteiger charge is 2.31. The second-order valence-corrected chi connectivity index (χ2v) is 8.57. The first kappa shape index (κ1) is 14.6. The Balaban J connectivity index is 2.32. The van der Waals surface area contributed by atoms with Crippen molar-refractivity contribution in [2.45, 2.75) is 26.2 Å². The van der Waals surface area contributed by atoms with Gasteiger partial charge in [-0.3, -0.25) is 0 Å². The summed E-state index contributed by atoms with van der Waals surface area (Å²) >= 11 is 4.89. The lowest BCUT2D eigenvalue weighted by Crippen LogP contribution is -2.10. The van der Waals surface area contributed by atoms with E-state index in [-0.39, 0.29) is 5.41 Å². The second-order valence-electron chi connectivity index (χ2n) is 5.87. The van der Waals surface area contributed by atoms with Crippen molar-refractivity contribution in [1.29, 1.82) is 0 Å². The molecule has 1 aliphatic carbocycles. The molecule has 2 aromatic rings. The van der Waals surface area contributed by atoms with Crippen LogP contribution in [0.2, 0.25) is 0 Å². The van der Waals surface area contributed by atoms with Gasteiger partial charge in [-0.25, -0.2) is 0 Å². The van der Waals surface area contributed by atoms with Crippen LogP contribution >= 0.6 is 45.2 Å². The Bertz CT molecular complexity index is 760. The van der Waals surface area contributed by atoms with Gasteiger partial charge in [0.1, 0.15) is 0 Å². The average molecular weight is 486 g/mol. The lowest BCUT2D eigenvalue weighted by atomic mass is 9.86. The van der Waals surface area contributed by atoms with E-state index < -0.39 is 0 Å². The zero-order valence-electron chi connectivity index (χ0n) is 11.8. The van der Waals surface area contributed by atoms with Gasteiger partial charge >= 0.3 is 0 Å². The zero-order valence-corrected chi connectivity index (χ0v) is 16.1. The number of hydrogen-bond acceptors (Lipinski definition) is 0. The summed E-state index contributed by atoms with van der Waals surface area (Å²) in [5.74, 6) is 0. The van der Waals surface area contributed by atoms with Gasteiger partial charge in [-0.05, 0) is 91.7 Å². The van der Waals surface area contributed by atoms with Gasteiger partial charge in [0.05, 0.1) is 0 Å². The Morgan fingerprint density at radius 3 is 2.20 bits per heavy atom. The highest BCUT2D eigenvalue weighted by molar-refractivity contribution is 14.1. The molecule has 0 bridgehead atoms. The molecule has 0 nitrogen and oxygen atoms in total. The summed E-state index contributed by atoms with van der Waals surface area (Å²) in [6.07, 6.45) is 2.42. The molecule has 0 atom stereocenters. The fourth-order valence-electron chi connectivity index (χ4n) is 2.88. The molecule has 0 heterocycles. The van der Waals surface area contributed by atoms with E-state index in [1.807, 2.05) is 0 Å². The lowest BCUT2D eigenvalue weighted by Gasteiger charge is -2.18. The molecule has 2 aromatic carbocycles. The van der Waals surface area contributed by atoms with Crippen LogP contribution in [0.5, 0.6) is 0 Å². The third-order valence-electron chi connectivity index (χ3n) is 3.91. The third kappa shape index (κ3) is 2.34. The monoisotopic (exact) mass is 486 g/mol. The quantitative estimate of drug-likeness (QED) is 0.398. The topological polar surface area (TPSA) is 0 Å². The second kappa shape index (κ2) is 5.13. The molecule has 0 aliphatic heterocycles. The molecular weight excluding hydrogens is 470 g/mol. The van der Waals surface area contributed by atoms with Gasteiger partial charge in [0.2, 0.25) is 0 Å². The van der Waals surface area contributed by atoms with Gasteiger partial charge in [-0.2, -0.15) is 0 Å². The fraction of sp³-hybridized carbons (Fsp3) is 0.222. The molecule has 20 heavy (non-hydrogen) atoms. The summed E-state index contributed by atoms with van der Waals surface area (Å²) in [7, 11) is 0. The first-order valence-electron chi connectivity index (χ1n) is 6.69. The minimum Gasteiger partial charge on any atom is -0.0655 e. The minimum absolute atomic E-state index is 0.108. The summed E-state index contributed by atoms with van der Waals surface area (Å²) in [5, 5.41) is 2.66. The van der Waals surface area contributed by atoms with Gasteiger partial charge in [0.25, 0.3) is 0 Å². The van der Waals surface area contributed by atoms with E-state index in [9.17, 15) is 0 Å². The molecule has 0 radical (unpaired) electrons. The van der Waals surface area contributed by atoms with Crippen LogP contribution in [0.4, 0.5) is 0 Å². The molecule has 0 amide bonds. The number of rotatable bonds is 1. The maximum atomic E-state index is 2.47. The number of allylic oxidation sites excluding steroid dienone is 4. The molecule has 0 spiro atoms. The Morgan fingerprint density at radius 1 is 1.00 bits per heavy atom. The van der Waals surface area contributed by atoms with Gasteiger partial charge in [0.15, 0.2) is 0 Å². The largest absolute Gasteiger partial charge is 0.0655 e. The van der Waals surface area contributed by atoms with E-state index in [1.54, 1.807) is 0 Å². The molecule has 1 aliphatic rings. The molecule has 0 N–H and O–H groups in total. The smallest absolute Gasteiger partial charge is 0.0295 e. The first-order valence-corrected chi connectivity index (χ1v) is 8.84. The van der Waals surface area contributed by atoms with Crippen LogP contribution in [0.1, 0.15) is 31.9 Å². The summed E-state index contributed by atoms with van der Waals surface area (Å²) < 4.78 is 2.72. The molecule has 0 unspecified atom stereocenters. The van der Waals surface area contributed by atoms with Crippen LogP contribution in [0.15, 0.2) is 49.6 Å². The maximum Gasteiger partial charge on any atom is 0.0295 e. The predicted octanol–water partition coefficient (Wildman–Crippen LogP) is 6.62. The van der Waals surface area contributed by atoms with E-state index in [0.29, 0.717) is 0 Å². The van der Waals surface area contributed by atoms with Crippen LogP contribution in [-0.2, 0) is 5.41 Å². The van der Waals surface area contributed by atoms with Crippen molar-refractivity contribution in [3.8, 4) is 0 Å². The van der Waals surface area contributed by atoms with Crippen molar-refractivity contribution in [1.82, 2.24) is 0 Å². The van der Waals surface area contributed by atoms with Crippen LogP contribution in [0.3, 0.4) is 0 Å². The maximum absolute atomic E-state index is 2.47. The molecule has 102 valence electrons. The highest BCUT2D eigenvalue weighted by Crippen LogP contribution is 2.47. The van der Waals surface area contributed by atoms with Gasteiger partial charge < -0.3 is 0 Å². The molecular formula is C18H16I2. The Kier molecular flexibility index (Phi) is 3.73. The number of halogens is 2. The van der Waals surface area contributed by atoms with Crippen molar-refractivity contribution in [2.24, 2.45) is 0 Å². The van der Waals surface area contributed by atoms with Crippen LogP contribution in [0, 0.1) is 0 Å². The molecule has 0 saturated heterocycles. The van der Waals surface area contributed by atoms with Crippen molar-refractivity contribution >= 4 is 61.5 Å². The van der Waals surface area contributed by atoms with Crippen molar-refractivity contribution in [2.75, 3.05) is 0 Å². The Morgan fingerprint density at radius 2 is 1.60 bits per heavy atom. The van der Waals surface area contributed by atoms with Gasteiger partial charge in [-0.15, -0.1) is 0 Å². The Labute approximate surface area is 147 Å². The van der Waals surface area contributed by atoms with Crippen molar-refractivity contribution in [3.63, 3.8) is 0 Å². The molecule has 3 rings (SSSR count). The van der Waals surface area contributed by atoms with Crippen LogP contribution in [-0.4, -0.2) is 0 Å². The molecule has 0 fully saturated rings. The molecule has 2 heteroatoms. The van der Waals surface area contributed by atoms with Crippen LogP contribution < -0.4 is 0 Å². The van der Waals surface area contributed by atoms with E-state index in [0.717, 1.165) is 0 Å². The van der Waals surface area contributed by atoms with E-state index in [1.165, 1.54) is 34.6 Å². The predicted molar refractivity (Wildman–Crippen MR) is 106 cm³/mol. The van der Waals surface area contributed by atoms with E-state index in [2.05, 4.69) is 108 Å². The van der Waals surface area contributed by atoms with Gasteiger partial charge in [0, 0.05) is 12.6 Å². The zero-order chi connectivity index (χ0) is 14.5. The number of hydrogen-bond donors (Lipinski definition) is 0. The first-order chi connectivity index (χ1) is 9.40. The molecule has 0 saturated carbocycles.